The van der Waals surface area contributed by atoms with Gasteiger partial charge in [-0.25, -0.2) is 0 Å². The number of hydrogen-bond acceptors (Lipinski definition) is 1. The van der Waals surface area contributed by atoms with Gasteiger partial charge in [0.25, 0.3) is 0 Å². The van der Waals surface area contributed by atoms with Gasteiger partial charge < -0.3 is 4.48 Å². The molecule has 0 saturated carbocycles. The first-order valence-electron chi connectivity index (χ1n) is 4.01. The maximum absolute atomic E-state index is 2.33. The van der Waals surface area contributed by atoms with Crippen LogP contribution in [0.25, 0.3) is 0 Å². The molecule has 0 aromatic rings. The Bertz CT molecular complexity index is 79.3. The predicted octanol–water partition coefficient (Wildman–Crippen LogP) is 1.84. The molecule has 0 radical (unpaired) electrons. The van der Waals surface area contributed by atoms with Crippen molar-refractivity contribution in [2.75, 3.05) is 38.7 Å². The van der Waals surface area contributed by atoms with E-state index in [4.69, 9.17) is 0 Å². The molecule has 0 N–H and O–H groups in total. The Labute approximate surface area is 69.4 Å². The van der Waals surface area contributed by atoms with E-state index >= 15 is 0 Å². The van der Waals surface area contributed by atoms with Crippen LogP contribution in [0, 0.1) is 0 Å². The van der Waals surface area contributed by atoms with Crippen molar-refractivity contribution >= 4 is 11.8 Å². The first-order chi connectivity index (χ1) is 4.68. The Balaban J connectivity index is 3.58. The Hall–Kier alpha value is 0.310. The third-order valence-corrected chi connectivity index (χ3v) is 2.95. The molecule has 0 bridgehead atoms. The van der Waals surface area contributed by atoms with Gasteiger partial charge in [0.2, 0.25) is 0 Å². The van der Waals surface area contributed by atoms with Crippen LogP contribution < -0.4 is 0 Å². The highest BCUT2D eigenvalue weighted by Gasteiger charge is 2.14. The van der Waals surface area contributed by atoms with Crippen LogP contribution in [-0.4, -0.2) is 43.2 Å². The molecule has 0 amide bonds. The zero-order valence-electron chi connectivity index (χ0n) is 7.68. The summed E-state index contributed by atoms with van der Waals surface area (Å²) in [4.78, 5) is 0. The van der Waals surface area contributed by atoms with Crippen molar-refractivity contribution in [2.24, 2.45) is 0 Å². The van der Waals surface area contributed by atoms with Gasteiger partial charge in [0, 0.05) is 5.75 Å². The average molecular weight is 162 g/mol. The van der Waals surface area contributed by atoms with E-state index in [0.717, 1.165) is 0 Å². The monoisotopic (exact) mass is 162 g/mol. The summed E-state index contributed by atoms with van der Waals surface area (Å²) in [7, 11) is 2.33. The number of rotatable bonds is 5. The first-order valence-corrected chi connectivity index (χ1v) is 5.40. The number of hydrogen-bond donors (Lipinski definition) is 0. The fraction of sp³-hybridized carbons (Fsp3) is 1.00. The number of quaternary nitrogens is 1. The second kappa shape index (κ2) is 5.03. The zero-order valence-corrected chi connectivity index (χ0v) is 8.50. The third-order valence-electron chi connectivity index (χ3n) is 2.36. The van der Waals surface area contributed by atoms with Crippen molar-refractivity contribution < 1.29 is 4.48 Å². The molecule has 0 aromatic heterocycles. The molecule has 0 aliphatic carbocycles. The molecule has 0 heterocycles. The number of nitrogens with zero attached hydrogens (tertiary/aromatic N) is 1. The van der Waals surface area contributed by atoms with Crippen LogP contribution >= 0.6 is 11.8 Å². The lowest BCUT2D eigenvalue weighted by Gasteiger charge is -2.31. The van der Waals surface area contributed by atoms with Crippen molar-refractivity contribution in [1.82, 2.24) is 0 Å². The maximum atomic E-state index is 2.33. The van der Waals surface area contributed by atoms with Crippen LogP contribution in [0.15, 0.2) is 0 Å². The standard InChI is InChI=1S/C8H20NS/c1-5-9(3,6-2)7-8-10-4/h5-8H2,1-4H3/q+1. The van der Waals surface area contributed by atoms with Gasteiger partial charge in [-0.05, 0) is 20.1 Å². The molecule has 0 aliphatic rings. The van der Waals surface area contributed by atoms with Crippen LogP contribution in [0.1, 0.15) is 13.8 Å². The van der Waals surface area contributed by atoms with E-state index in [0.29, 0.717) is 0 Å². The highest BCUT2D eigenvalue weighted by molar-refractivity contribution is 7.98. The molecule has 0 saturated heterocycles. The van der Waals surface area contributed by atoms with Gasteiger partial charge in [0.15, 0.2) is 0 Å². The molecule has 1 nitrogen and oxygen atoms in total. The summed E-state index contributed by atoms with van der Waals surface area (Å²) in [5.74, 6) is 1.29. The Morgan fingerprint density at radius 1 is 1.20 bits per heavy atom. The van der Waals surface area contributed by atoms with Gasteiger partial charge in [-0.15, -0.1) is 0 Å². The lowest BCUT2D eigenvalue weighted by molar-refractivity contribution is -0.903. The molecule has 0 rings (SSSR count). The SMILES string of the molecule is CC[N+](C)(CC)CCSC. The zero-order chi connectivity index (χ0) is 8.04. The smallest absolute Gasteiger partial charge is 0.0876 e. The van der Waals surface area contributed by atoms with E-state index in [-0.39, 0.29) is 0 Å². The summed E-state index contributed by atoms with van der Waals surface area (Å²) in [5.41, 5.74) is 0. The van der Waals surface area contributed by atoms with Crippen LogP contribution in [0.2, 0.25) is 0 Å². The molecule has 0 spiro atoms. The first kappa shape index (κ1) is 10.3. The van der Waals surface area contributed by atoms with Crippen LogP contribution in [0.4, 0.5) is 0 Å². The van der Waals surface area contributed by atoms with Crippen molar-refractivity contribution in [3.63, 3.8) is 0 Å². The van der Waals surface area contributed by atoms with Gasteiger partial charge in [-0.1, -0.05) is 0 Å². The van der Waals surface area contributed by atoms with Crippen molar-refractivity contribution in [3.05, 3.63) is 0 Å². The van der Waals surface area contributed by atoms with Gasteiger partial charge in [0.1, 0.15) is 0 Å². The minimum atomic E-state index is 1.22. The summed E-state index contributed by atoms with van der Waals surface area (Å²) in [6, 6.07) is 0. The molecule has 0 aromatic carbocycles. The molecule has 62 valence electrons. The second-order valence-electron chi connectivity index (χ2n) is 2.97. The van der Waals surface area contributed by atoms with Crippen LogP contribution in [0.5, 0.6) is 0 Å². The summed E-state index contributed by atoms with van der Waals surface area (Å²) in [5, 5.41) is 0. The van der Waals surface area contributed by atoms with Gasteiger partial charge in [0.05, 0.1) is 26.7 Å². The molecule has 0 aliphatic heterocycles. The van der Waals surface area contributed by atoms with Crippen molar-refractivity contribution in [3.8, 4) is 0 Å². The van der Waals surface area contributed by atoms with E-state index < -0.39 is 0 Å². The highest BCUT2D eigenvalue weighted by atomic mass is 32.2. The van der Waals surface area contributed by atoms with E-state index in [1.165, 1.54) is 29.9 Å². The Morgan fingerprint density at radius 3 is 2.00 bits per heavy atom. The topological polar surface area (TPSA) is 0 Å². The van der Waals surface area contributed by atoms with E-state index in [2.05, 4.69) is 27.2 Å². The summed E-state index contributed by atoms with van der Waals surface area (Å²) < 4.78 is 1.22. The Kier molecular flexibility index (Phi) is 5.18. The normalized spacial score (nSPS) is 12.0. The van der Waals surface area contributed by atoms with Crippen LogP contribution in [-0.2, 0) is 0 Å². The lowest BCUT2D eigenvalue weighted by Crippen LogP contribution is -2.45. The fourth-order valence-electron chi connectivity index (χ4n) is 0.852. The molecular formula is C8H20NS+. The molecule has 0 atom stereocenters. The van der Waals surface area contributed by atoms with Crippen LogP contribution in [0.3, 0.4) is 0 Å². The minimum absolute atomic E-state index is 1.22. The maximum Gasteiger partial charge on any atom is 0.0876 e. The van der Waals surface area contributed by atoms with Gasteiger partial charge in [-0.2, -0.15) is 11.8 Å². The molecule has 0 fully saturated rings. The second-order valence-corrected chi connectivity index (χ2v) is 3.95. The van der Waals surface area contributed by atoms with E-state index in [1.54, 1.807) is 0 Å². The summed E-state index contributed by atoms with van der Waals surface area (Å²) in [6.07, 6.45) is 2.18. The minimum Gasteiger partial charge on any atom is -0.326 e. The Morgan fingerprint density at radius 2 is 1.70 bits per heavy atom. The van der Waals surface area contributed by atoms with Gasteiger partial charge >= 0.3 is 0 Å². The van der Waals surface area contributed by atoms with Gasteiger partial charge in [-0.3, -0.25) is 0 Å². The average Bonchev–Trinajstić information content (AvgIpc) is 2.00. The summed E-state index contributed by atoms with van der Waals surface area (Å²) in [6.45, 7) is 8.37. The molecular weight excluding hydrogens is 142 g/mol. The van der Waals surface area contributed by atoms with E-state index in [1.807, 2.05) is 11.8 Å². The number of thioether (sulfide) groups is 1. The highest BCUT2D eigenvalue weighted by Crippen LogP contribution is 2.03. The van der Waals surface area contributed by atoms with E-state index in [9.17, 15) is 0 Å². The lowest BCUT2D eigenvalue weighted by atomic mass is 10.4. The molecule has 2 heteroatoms. The fourth-order valence-corrected chi connectivity index (χ4v) is 1.47. The van der Waals surface area contributed by atoms with Crippen molar-refractivity contribution in [1.29, 1.82) is 0 Å². The molecule has 0 unspecified atom stereocenters. The molecule has 10 heavy (non-hydrogen) atoms. The third kappa shape index (κ3) is 3.47. The van der Waals surface area contributed by atoms with Crippen molar-refractivity contribution in [2.45, 2.75) is 13.8 Å². The largest absolute Gasteiger partial charge is 0.326 e. The summed E-state index contributed by atoms with van der Waals surface area (Å²) >= 11 is 1.94. The predicted molar refractivity (Wildman–Crippen MR) is 50.5 cm³/mol. The quantitative estimate of drug-likeness (QED) is 0.556.